The molecule has 6 heteroatoms. The molecule has 0 saturated heterocycles. The van der Waals surface area contributed by atoms with Gasteiger partial charge in [0.25, 0.3) is 5.91 Å². The molecule has 0 spiro atoms. The average molecular weight is 343 g/mol. The van der Waals surface area contributed by atoms with Crippen molar-refractivity contribution in [2.45, 2.75) is 32.0 Å². The highest BCUT2D eigenvalue weighted by molar-refractivity contribution is 5.95. The van der Waals surface area contributed by atoms with Gasteiger partial charge in [0, 0.05) is 6.04 Å². The fourth-order valence-electron chi connectivity index (χ4n) is 2.85. The SMILES string of the molecule is CC(NC(=O)c1ccco1)C(=O)NC(C)C(c1ccccc1)N(C)C. The molecule has 2 amide bonds. The Morgan fingerprint density at radius 1 is 1.00 bits per heavy atom. The first kappa shape index (κ1) is 18.7. The molecular formula is C19H25N3O3. The molecule has 1 aromatic heterocycles. The lowest BCUT2D eigenvalue weighted by molar-refractivity contribution is -0.123. The molecule has 134 valence electrons. The van der Waals surface area contributed by atoms with Crippen LogP contribution in [0.2, 0.25) is 0 Å². The highest BCUT2D eigenvalue weighted by Gasteiger charge is 2.25. The van der Waals surface area contributed by atoms with Crippen molar-refractivity contribution >= 4 is 11.8 Å². The van der Waals surface area contributed by atoms with Crippen LogP contribution in [0.4, 0.5) is 0 Å². The fraction of sp³-hybridized carbons (Fsp3) is 0.368. The lowest BCUT2D eigenvalue weighted by Gasteiger charge is -2.31. The van der Waals surface area contributed by atoms with Gasteiger partial charge >= 0.3 is 0 Å². The smallest absolute Gasteiger partial charge is 0.287 e. The Balaban J connectivity index is 1.98. The minimum Gasteiger partial charge on any atom is -0.459 e. The number of carbonyl (C=O) groups excluding carboxylic acids is 2. The molecule has 2 rings (SSSR count). The van der Waals surface area contributed by atoms with Gasteiger partial charge < -0.3 is 20.0 Å². The first-order valence-corrected chi connectivity index (χ1v) is 8.26. The van der Waals surface area contributed by atoms with Gasteiger partial charge in [0.2, 0.25) is 5.91 Å². The third-order valence-corrected chi connectivity index (χ3v) is 4.03. The van der Waals surface area contributed by atoms with Gasteiger partial charge in [-0.2, -0.15) is 0 Å². The largest absolute Gasteiger partial charge is 0.459 e. The van der Waals surface area contributed by atoms with E-state index in [1.165, 1.54) is 6.26 Å². The standard InChI is InChI=1S/C19H25N3O3/c1-13(17(22(3)4)15-9-6-5-7-10-15)20-18(23)14(2)21-19(24)16-11-8-12-25-16/h5-14,17H,1-4H3,(H,20,23)(H,21,24). The number of amides is 2. The van der Waals surface area contributed by atoms with Crippen molar-refractivity contribution in [3.8, 4) is 0 Å². The molecule has 1 heterocycles. The molecule has 0 bridgehead atoms. The summed E-state index contributed by atoms with van der Waals surface area (Å²) in [7, 11) is 3.95. The number of hydrogen-bond acceptors (Lipinski definition) is 4. The second-order valence-corrected chi connectivity index (χ2v) is 6.29. The fourth-order valence-corrected chi connectivity index (χ4v) is 2.85. The van der Waals surface area contributed by atoms with Crippen molar-refractivity contribution in [1.82, 2.24) is 15.5 Å². The molecule has 0 fully saturated rings. The van der Waals surface area contributed by atoms with Gasteiger partial charge in [0.05, 0.1) is 12.3 Å². The summed E-state index contributed by atoms with van der Waals surface area (Å²) < 4.78 is 5.03. The van der Waals surface area contributed by atoms with E-state index in [9.17, 15) is 9.59 Å². The Labute approximate surface area is 148 Å². The molecule has 3 unspecified atom stereocenters. The molecule has 0 saturated carbocycles. The monoisotopic (exact) mass is 343 g/mol. The molecule has 2 aromatic rings. The van der Waals surface area contributed by atoms with Crippen molar-refractivity contribution in [2.24, 2.45) is 0 Å². The summed E-state index contributed by atoms with van der Waals surface area (Å²) in [4.78, 5) is 26.5. The van der Waals surface area contributed by atoms with Crippen molar-refractivity contribution in [1.29, 1.82) is 0 Å². The quantitative estimate of drug-likeness (QED) is 0.808. The van der Waals surface area contributed by atoms with Gasteiger partial charge in [-0.1, -0.05) is 30.3 Å². The van der Waals surface area contributed by atoms with Crippen LogP contribution in [0.15, 0.2) is 53.1 Å². The summed E-state index contributed by atoms with van der Waals surface area (Å²) in [5, 5.41) is 5.62. The van der Waals surface area contributed by atoms with E-state index < -0.39 is 11.9 Å². The summed E-state index contributed by atoms with van der Waals surface area (Å²) in [6.07, 6.45) is 1.42. The highest BCUT2D eigenvalue weighted by atomic mass is 16.3. The minimum absolute atomic E-state index is 0.0260. The number of carbonyl (C=O) groups is 2. The van der Waals surface area contributed by atoms with E-state index in [4.69, 9.17) is 4.42 Å². The molecule has 2 N–H and O–H groups in total. The van der Waals surface area contributed by atoms with Crippen molar-refractivity contribution < 1.29 is 14.0 Å². The highest BCUT2D eigenvalue weighted by Crippen LogP contribution is 2.21. The number of nitrogens with one attached hydrogen (secondary N) is 2. The Kier molecular flexibility index (Phi) is 6.36. The first-order chi connectivity index (χ1) is 11.9. The van der Waals surface area contributed by atoms with Crippen LogP contribution >= 0.6 is 0 Å². The second kappa shape index (κ2) is 8.48. The predicted molar refractivity (Wildman–Crippen MR) is 96.1 cm³/mol. The van der Waals surface area contributed by atoms with E-state index in [0.29, 0.717) is 0 Å². The van der Waals surface area contributed by atoms with E-state index in [2.05, 4.69) is 15.5 Å². The number of hydrogen-bond donors (Lipinski definition) is 2. The van der Waals surface area contributed by atoms with Crippen molar-refractivity contribution in [3.63, 3.8) is 0 Å². The Morgan fingerprint density at radius 2 is 1.68 bits per heavy atom. The molecular weight excluding hydrogens is 318 g/mol. The maximum atomic E-state index is 12.4. The van der Waals surface area contributed by atoms with Gasteiger partial charge in [-0.15, -0.1) is 0 Å². The summed E-state index contributed by atoms with van der Waals surface area (Å²) in [6.45, 7) is 3.60. The molecule has 0 aliphatic heterocycles. The Hall–Kier alpha value is -2.60. The van der Waals surface area contributed by atoms with Crippen molar-refractivity contribution in [2.75, 3.05) is 14.1 Å². The summed E-state index contributed by atoms with van der Waals surface area (Å²) >= 11 is 0. The summed E-state index contributed by atoms with van der Waals surface area (Å²) in [5.41, 5.74) is 1.12. The van der Waals surface area contributed by atoms with Crippen LogP contribution in [-0.2, 0) is 4.79 Å². The molecule has 0 radical (unpaired) electrons. The molecule has 6 nitrogen and oxygen atoms in total. The third kappa shape index (κ3) is 4.93. The van der Waals surface area contributed by atoms with Gasteiger partial charge in [-0.3, -0.25) is 9.59 Å². The van der Waals surface area contributed by atoms with Crippen LogP contribution in [0, 0.1) is 0 Å². The van der Waals surface area contributed by atoms with Crippen LogP contribution in [0.1, 0.15) is 36.0 Å². The zero-order valence-corrected chi connectivity index (χ0v) is 15.0. The van der Waals surface area contributed by atoms with Crippen LogP contribution in [0.5, 0.6) is 0 Å². The maximum absolute atomic E-state index is 12.4. The van der Waals surface area contributed by atoms with Crippen LogP contribution in [-0.4, -0.2) is 42.9 Å². The average Bonchev–Trinajstić information content (AvgIpc) is 3.10. The third-order valence-electron chi connectivity index (χ3n) is 4.03. The summed E-state index contributed by atoms with van der Waals surface area (Å²) in [5.74, 6) is -0.467. The molecule has 25 heavy (non-hydrogen) atoms. The number of rotatable bonds is 7. The Bertz CT molecular complexity index is 683. The zero-order chi connectivity index (χ0) is 18.4. The summed E-state index contributed by atoms with van der Waals surface area (Å²) in [6, 6.07) is 12.4. The first-order valence-electron chi connectivity index (χ1n) is 8.26. The predicted octanol–water partition coefficient (Wildman–Crippen LogP) is 2.21. The van der Waals surface area contributed by atoms with E-state index in [-0.39, 0.29) is 23.8 Å². The van der Waals surface area contributed by atoms with Crippen LogP contribution in [0.25, 0.3) is 0 Å². The lowest BCUT2D eigenvalue weighted by Crippen LogP contribution is -2.50. The van der Waals surface area contributed by atoms with Crippen LogP contribution < -0.4 is 10.6 Å². The normalized spacial score (nSPS) is 14.6. The number of nitrogens with zero attached hydrogens (tertiary/aromatic N) is 1. The second-order valence-electron chi connectivity index (χ2n) is 6.29. The number of likely N-dealkylation sites (N-methyl/N-ethyl adjacent to an activating group) is 1. The minimum atomic E-state index is -0.668. The van der Waals surface area contributed by atoms with Gasteiger partial charge in [-0.25, -0.2) is 0 Å². The zero-order valence-electron chi connectivity index (χ0n) is 15.0. The Morgan fingerprint density at radius 3 is 2.24 bits per heavy atom. The maximum Gasteiger partial charge on any atom is 0.287 e. The topological polar surface area (TPSA) is 74.6 Å². The molecule has 1 aromatic carbocycles. The van der Waals surface area contributed by atoms with Gasteiger partial charge in [-0.05, 0) is 45.6 Å². The number of benzene rings is 1. The molecule has 3 atom stereocenters. The van der Waals surface area contributed by atoms with Crippen LogP contribution in [0.3, 0.4) is 0 Å². The van der Waals surface area contributed by atoms with E-state index in [1.54, 1.807) is 19.1 Å². The van der Waals surface area contributed by atoms with E-state index >= 15 is 0 Å². The number of furan rings is 1. The van der Waals surface area contributed by atoms with E-state index in [0.717, 1.165) is 5.56 Å². The molecule has 0 aliphatic carbocycles. The van der Waals surface area contributed by atoms with E-state index in [1.807, 2.05) is 51.4 Å². The van der Waals surface area contributed by atoms with Gasteiger partial charge in [0.1, 0.15) is 6.04 Å². The molecule has 0 aliphatic rings. The lowest BCUT2D eigenvalue weighted by atomic mass is 9.99. The van der Waals surface area contributed by atoms with Gasteiger partial charge in [0.15, 0.2) is 5.76 Å². The van der Waals surface area contributed by atoms with Crippen molar-refractivity contribution in [3.05, 3.63) is 60.1 Å².